The van der Waals surface area contributed by atoms with Crippen molar-refractivity contribution in [3.8, 4) is 0 Å². The van der Waals surface area contributed by atoms with Crippen LogP contribution in [-0.4, -0.2) is 25.2 Å². The Balaban J connectivity index is 2.73. The molecule has 6 heteroatoms. The van der Waals surface area contributed by atoms with Crippen LogP contribution in [0.25, 0.3) is 0 Å². The van der Waals surface area contributed by atoms with Gasteiger partial charge < -0.3 is 10.1 Å². The van der Waals surface area contributed by atoms with Gasteiger partial charge in [0, 0.05) is 6.92 Å². The molecule has 1 amide bonds. The van der Waals surface area contributed by atoms with Crippen LogP contribution in [0.5, 0.6) is 0 Å². The van der Waals surface area contributed by atoms with Gasteiger partial charge in [-0.25, -0.2) is 4.79 Å². The number of para-hydroxylation sites is 2. The third-order valence-electron chi connectivity index (χ3n) is 1.79. The Bertz CT molecular complexity index is 443. The Kier molecular flexibility index (Phi) is 4.68. The van der Waals surface area contributed by atoms with Gasteiger partial charge in [-0.3, -0.25) is 10.2 Å². The number of esters is 1. The normalized spacial score (nSPS) is 10.0. The number of hydrogen-bond donors (Lipinski definition) is 2. The van der Waals surface area contributed by atoms with Gasteiger partial charge >= 0.3 is 5.97 Å². The van der Waals surface area contributed by atoms with Crippen LogP contribution in [0.3, 0.4) is 0 Å². The molecule has 0 aromatic heterocycles. The van der Waals surface area contributed by atoms with Gasteiger partial charge in [-0.15, -0.1) is 0 Å². The van der Waals surface area contributed by atoms with E-state index in [-0.39, 0.29) is 5.91 Å². The molecule has 0 spiro atoms. The third kappa shape index (κ3) is 4.33. The minimum atomic E-state index is -0.561. The Morgan fingerprint density at radius 3 is 2.53 bits per heavy atom. The predicted molar refractivity (Wildman–Crippen MR) is 64.9 cm³/mol. The van der Waals surface area contributed by atoms with Crippen LogP contribution in [0.2, 0.25) is 0 Å². The Hall–Kier alpha value is -2.37. The van der Waals surface area contributed by atoms with Crippen LogP contribution in [0.4, 0.5) is 11.4 Å². The van der Waals surface area contributed by atoms with Crippen LogP contribution in [0.15, 0.2) is 29.4 Å². The van der Waals surface area contributed by atoms with Gasteiger partial charge in [0.1, 0.15) is 6.21 Å². The first-order chi connectivity index (χ1) is 8.13. The van der Waals surface area contributed by atoms with Gasteiger partial charge in [-0.05, 0) is 12.1 Å². The van der Waals surface area contributed by atoms with E-state index in [9.17, 15) is 9.59 Å². The number of ether oxygens (including phenoxy) is 1. The van der Waals surface area contributed by atoms with E-state index in [4.69, 9.17) is 0 Å². The zero-order chi connectivity index (χ0) is 12.7. The summed E-state index contributed by atoms with van der Waals surface area (Å²) in [6.07, 6.45) is 1.00. The number of hydrazone groups is 1. The quantitative estimate of drug-likeness (QED) is 0.467. The number of amides is 1. The summed E-state index contributed by atoms with van der Waals surface area (Å²) in [6, 6.07) is 7.00. The van der Waals surface area contributed by atoms with Crippen molar-refractivity contribution < 1.29 is 14.3 Å². The van der Waals surface area contributed by atoms with E-state index in [2.05, 4.69) is 20.6 Å². The van der Waals surface area contributed by atoms with Crippen molar-refractivity contribution in [2.75, 3.05) is 17.9 Å². The first kappa shape index (κ1) is 12.7. The number of carbonyl (C=O) groups excluding carboxylic acids is 2. The number of benzene rings is 1. The molecule has 90 valence electrons. The molecule has 0 saturated heterocycles. The molecule has 0 saturated carbocycles. The fraction of sp³-hybridized carbons (Fsp3) is 0.182. The number of rotatable bonds is 4. The summed E-state index contributed by atoms with van der Waals surface area (Å²) in [5.74, 6) is -0.745. The maximum absolute atomic E-state index is 10.9. The molecule has 0 heterocycles. The van der Waals surface area contributed by atoms with Crippen LogP contribution < -0.4 is 10.7 Å². The van der Waals surface area contributed by atoms with Gasteiger partial charge in [0.2, 0.25) is 5.91 Å². The lowest BCUT2D eigenvalue weighted by Gasteiger charge is -2.08. The molecule has 0 aliphatic carbocycles. The second-order valence-corrected chi connectivity index (χ2v) is 3.12. The lowest BCUT2D eigenvalue weighted by Crippen LogP contribution is -2.08. The summed E-state index contributed by atoms with van der Waals surface area (Å²) in [6.45, 7) is 1.41. The van der Waals surface area contributed by atoms with Gasteiger partial charge in [0.25, 0.3) is 0 Å². The summed E-state index contributed by atoms with van der Waals surface area (Å²) in [5.41, 5.74) is 3.81. The Morgan fingerprint density at radius 1 is 1.29 bits per heavy atom. The van der Waals surface area contributed by atoms with Crippen molar-refractivity contribution in [2.45, 2.75) is 6.92 Å². The van der Waals surface area contributed by atoms with Crippen LogP contribution in [-0.2, 0) is 14.3 Å². The van der Waals surface area contributed by atoms with Gasteiger partial charge in [-0.1, -0.05) is 12.1 Å². The highest BCUT2D eigenvalue weighted by molar-refractivity contribution is 6.23. The molecule has 0 radical (unpaired) electrons. The molecule has 17 heavy (non-hydrogen) atoms. The zero-order valence-corrected chi connectivity index (χ0v) is 9.56. The number of hydrogen-bond acceptors (Lipinski definition) is 5. The monoisotopic (exact) mass is 235 g/mol. The third-order valence-corrected chi connectivity index (χ3v) is 1.79. The number of nitrogens with zero attached hydrogens (tertiary/aromatic N) is 1. The smallest absolute Gasteiger partial charge is 0.350 e. The van der Waals surface area contributed by atoms with Crippen molar-refractivity contribution in [1.82, 2.24) is 0 Å². The van der Waals surface area contributed by atoms with Crippen molar-refractivity contribution in [2.24, 2.45) is 5.10 Å². The SMILES string of the molecule is COC(=O)/C=N/Nc1ccccc1NC(C)=O. The zero-order valence-electron chi connectivity index (χ0n) is 9.56. The van der Waals surface area contributed by atoms with Gasteiger partial charge in [-0.2, -0.15) is 5.10 Å². The molecule has 0 unspecified atom stereocenters. The standard InChI is InChI=1S/C11H13N3O3/c1-8(15)13-9-5-3-4-6-10(9)14-12-7-11(16)17-2/h3-7,14H,1-2H3,(H,13,15)/b12-7+. The molecular weight excluding hydrogens is 222 g/mol. The highest BCUT2D eigenvalue weighted by Crippen LogP contribution is 2.20. The lowest BCUT2D eigenvalue weighted by molar-refractivity contribution is -0.132. The number of nitrogens with one attached hydrogen (secondary N) is 2. The highest BCUT2D eigenvalue weighted by atomic mass is 16.5. The summed E-state index contributed by atoms with van der Waals surface area (Å²) in [4.78, 5) is 21.7. The fourth-order valence-corrected chi connectivity index (χ4v) is 1.09. The predicted octanol–water partition coefficient (Wildman–Crippen LogP) is 1.22. The first-order valence-corrected chi connectivity index (χ1v) is 4.87. The number of methoxy groups -OCH3 is 1. The molecule has 2 N–H and O–H groups in total. The first-order valence-electron chi connectivity index (χ1n) is 4.87. The molecule has 6 nitrogen and oxygen atoms in total. The average molecular weight is 235 g/mol. The van der Waals surface area contributed by atoms with Crippen molar-refractivity contribution in [3.63, 3.8) is 0 Å². The summed E-state index contributed by atoms with van der Waals surface area (Å²) in [5, 5.41) is 6.31. The fourth-order valence-electron chi connectivity index (χ4n) is 1.09. The van der Waals surface area contributed by atoms with Crippen LogP contribution in [0, 0.1) is 0 Å². The topological polar surface area (TPSA) is 79.8 Å². The average Bonchev–Trinajstić information content (AvgIpc) is 2.30. The van der Waals surface area contributed by atoms with E-state index < -0.39 is 5.97 Å². The highest BCUT2D eigenvalue weighted by Gasteiger charge is 2.01. The van der Waals surface area contributed by atoms with Gasteiger partial charge in [0.15, 0.2) is 0 Å². The molecule has 0 bridgehead atoms. The molecule has 1 aromatic rings. The van der Waals surface area contributed by atoms with E-state index in [1.165, 1.54) is 14.0 Å². The molecule has 1 aromatic carbocycles. The molecule has 0 aliphatic heterocycles. The van der Waals surface area contributed by atoms with Crippen molar-refractivity contribution in [3.05, 3.63) is 24.3 Å². The van der Waals surface area contributed by atoms with E-state index in [0.717, 1.165) is 6.21 Å². The van der Waals surface area contributed by atoms with E-state index in [0.29, 0.717) is 11.4 Å². The van der Waals surface area contributed by atoms with Crippen molar-refractivity contribution in [1.29, 1.82) is 0 Å². The summed E-state index contributed by atoms with van der Waals surface area (Å²) >= 11 is 0. The molecule has 0 atom stereocenters. The molecular formula is C11H13N3O3. The largest absolute Gasteiger partial charge is 0.465 e. The second kappa shape index (κ2) is 6.26. The Morgan fingerprint density at radius 2 is 1.94 bits per heavy atom. The molecule has 0 aliphatic rings. The van der Waals surface area contributed by atoms with E-state index in [1.807, 2.05) is 0 Å². The van der Waals surface area contributed by atoms with Gasteiger partial charge in [0.05, 0.1) is 18.5 Å². The minimum absolute atomic E-state index is 0.184. The molecule has 0 fully saturated rings. The number of carbonyl (C=O) groups is 2. The molecule has 1 rings (SSSR count). The van der Waals surface area contributed by atoms with Crippen LogP contribution >= 0.6 is 0 Å². The maximum atomic E-state index is 10.9. The van der Waals surface area contributed by atoms with Crippen LogP contribution in [0.1, 0.15) is 6.92 Å². The number of anilines is 2. The second-order valence-electron chi connectivity index (χ2n) is 3.12. The van der Waals surface area contributed by atoms with E-state index in [1.54, 1.807) is 24.3 Å². The minimum Gasteiger partial charge on any atom is -0.465 e. The van der Waals surface area contributed by atoms with Crippen molar-refractivity contribution >= 4 is 29.5 Å². The summed E-state index contributed by atoms with van der Waals surface area (Å²) in [7, 11) is 1.26. The Labute approximate surface area is 98.7 Å². The lowest BCUT2D eigenvalue weighted by atomic mass is 10.2. The maximum Gasteiger partial charge on any atom is 0.350 e. The van der Waals surface area contributed by atoms with E-state index >= 15 is 0 Å². The summed E-state index contributed by atoms with van der Waals surface area (Å²) < 4.78 is 4.38.